The monoisotopic (exact) mass is 465 g/mol. The van der Waals surface area contributed by atoms with Crippen LogP contribution in [0.5, 0.6) is 0 Å². The molecule has 2 aromatic carbocycles. The third-order valence-electron chi connectivity index (χ3n) is 5.09. The van der Waals surface area contributed by atoms with Crippen LogP contribution in [0, 0.1) is 0 Å². The normalized spacial score (nSPS) is 12.0. The number of imidazole rings is 1. The molecule has 0 aliphatic heterocycles. The van der Waals surface area contributed by atoms with E-state index in [1.54, 1.807) is 53.7 Å². The average Bonchev–Trinajstić information content (AvgIpc) is 3.42. The van der Waals surface area contributed by atoms with Crippen LogP contribution < -0.4 is 5.32 Å². The van der Waals surface area contributed by atoms with Crippen LogP contribution in [0.1, 0.15) is 28.3 Å². The highest BCUT2D eigenvalue weighted by atomic mass is 32.2. The van der Waals surface area contributed by atoms with Crippen molar-refractivity contribution in [2.75, 3.05) is 18.1 Å². The van der Waals surface area contributed by atoms with E-state index in [9.17, 15) is 9.59 Å². The first kappa shape index (κ1) is 22.0. The third-order valence-corrected chi connectivity index (χ3v) is 7.36. The Morgan fingerprint density at radius 3 is 2.62 bits per heavy atom. The SMILES string of the molecule is C[C@@H](c1nc2ccccc2s1)N(C)C(=O)c1ccc(NC(=O)CSc2nccn2C)cc1. The molecular weight excluding hydrogens is 442 g/mol. The molecule has 2 heterocycles. The smallest absolute Gasteiger partial charge is 0.254 e. The summed E-state index contributed by atoms with van der Waals surface area (Å²) in [6.07, 6.45) is 3.54. The molecule has 0 aliphatic rings. The van der Waals surface area contributed by atoms with Gasteiger partial charge < -0.3 is 14.8 Å². The van der Waals surface area contributed by atoms with Crippen LogP contribution in [0.2, 0.25) is 0 Å². The van der Waals surface area contributed by atoms with Gasteiger partial charge >= 0.3 is 0 Å². The van der Waals surface area contributed by atoms with E-state index in [0.29, 0.717) is 11.3 Å². The number of amides is 2. The highest BCUT2D eigenvalue weighted by molar-refractivity contribution is 7.99. The molecule has 0 aliphatic carbocycles. The van der Waals surface area contributed by atoms with Crippen LogP contribution in [-0.4, -0.2) is 44.0 Å². The fourth-order valence-corrected chi connectivity index (χ4v) is 4.92. The third kappa shape index (κ3) is 4.84. The van der Waals surface area contributed by atoms with Crippen molar-refractivity contribution in [3.8, 4) is 0 Å². The summed E-state index contributed by atoms with van der Waals surface area (Å²) in [6, 6.07) is 14.8. The van der Waals surface area contributed by atoms with Gasteiger partial charge in [-0.2, -0.15) is 0 Å². The number of anilines is 1. The molecule has 32 heavy (non-hydrogen) atoms. The maximum absolute atomic E-state index is 13.0. The lowest BCUT2D eigenvalue weighted by molar-refractivity contribution is -0.113. The number of carbonyl (C=O) groups is 2. The summed E-state index contributed by atoms with van der Waals surface area (Å²) in [4.78, 5) is 35.7. The van der Waals surface area contributed by atoms with Crippen molar-refractivity contribution in [2.24, 2.45) is 7.05 Å². The standard InChI is InChI=1S/C23H23N5O2S2/c1-15(21-26-18-6-4-5-7-19(18)32-21)28(3)22(30)16-8-10-17(11-9-16)25-20(29)14-31-23-24-12-13-27(23)2/h4-13,15H,14H2,1-3H3,(H,25,29)/t15-/m0/s1. The van der Waals surface area contributed by atoms with Gasteiger partial charge in [-0.05, 0) is 43.3 Å². The molecule has 0 radical (unpaired) electrons. The predicted octanol–water partition coefficient (Wildman–Crippen LogP) is 4.59. The molecule has 2 amide bonds. The van der Waals surface area contributed by atoms with Gasteiger partial charge in [0.2, 0.25) is 5.91 Å². The number of rotatable bonds is 7. The number of hydrogen-bond acceptors (Lipinski definition) is 6. The summed E-state index contributed by atoms with van der Waals surface area (Å²) in [6.45, 7) is 1.98. The minimum Gasteiger partial charge on any atom is -0.333 e. The second-order valence-corrected chi connectivity index (χ2v) is 9.35. The summed E-state index contributed by atoms with van der Waals surface area (Å²) in [5.74, 6) is 0.0344. The molecule has 0 bridgehead atoms. The molecule has 0 saturated carbocycles. The van der Waals surface area contributed by atoms with Gasteiger partial charge in [0.15, 0.2) is 5.16 Å². The van der Waals surface area contributed by atoms with E-state index >= 15 is 0 Å². The number of thioether (sulfide) groups is 1. The van der Waals surface area contributed by atoms with Crippen molar-refractivity contribution in [3.05, 3.63) is 71.5 Å². The van der Waals surface area contributed by atoms with E-state index in [1.807, 2.05) is 49.0 Å². The van der Waals surface area contributed by atoms with E-state index in [-0.39, 0.29) is 23.6 Å². The molecular formula is C23H23N5O2S2. The topological polar surface area (TPSA) is 80.1 Å². The fourth-order valence-electron chi connectivity index (χ4n) is 3.13. The maximum atomic E-state index is 13.0. The van der Waals surface area contributed by atoms with Gasteiger partial charge in [-0.25, -0.2) is 9.97 Å². The Bertz CT molecular complexity index is 1220. The second-order valence-electron chi connectivity index (χ2n) is 7.35. The van der Waals surface area contributed by atoms with Gasteiger partial charge in [0.05, 0.1) is 22.0 Å². The number of nitrogens with one attached hydrogen (secondary N) is 1. The first-order valence-electron chi connectivity index (χ1n) is 10.0. The highest BCUT2D eigenvalue weighted by Crippen LogP contribution is 2.29. The van der Waals surface area contributed by atoms with Crippen LogP contribution >= 0.6 is 23.1 Å². The molecule has 0 saturated heterocycles. The largest absolute Gasteiger partial charge is 0.333 e. The maximum Gasteiger partial charge on any atom is 0.254 e. The second kappa shape index (κ2) is 9.54. The first-order chi connectivity index (χ1) is 15.4. The fraction of sp³-hybridized carbons (Fsp3) is 0.217. The number of hydrogen-bond donors (Lipinski definition) is 1. The van der Waals surface area contributed by atoms with Crippen LogP contribution in [0.4, 0.5) is 5.69 Å². The number of benzene rings is 2. The molecule has 9 heteroatoms. The van der Waals surface area contributed by atoms with E-state index in [2.05, 4.69) is 15.3 Å². The molecule has 2 aromatic heterocycles. The summed E-state index contributed by atoms with van der Waals surface area (Å²) < 4.78 is 2.97. The van der Waals surface area contributed by atoms with E-state index in [4.69, 9.17) is 0 Å². The van der Waals surface area contributed by atoms with Crippen molar-refractivity contribution in [1.29, 1.82) is 0 Å². The van der Waals surface area contributed by atoms with Crippen LogP contribution in [0.3, 0.4) is 0 Å². The summed E-state index contributed by atoms with van der Waals surface area (Å²) in [7, 11) is 3.67. The molecule has 4 rings (SSSR count). The van der Waals surface area contributed by atoms with Crippen molar-refractivity contribution in [2.45, 2.75) is 18.1 Å². The number of nitrogens with zero attached hydrogens (tertiary/aromatic N) is 4. The number of carbonyl (C=O) groups excluding carboxylic acids is 2. The Hall–Kier alpha value is -3.17. The lowest BCUT2D eigenvalue weighted by Gasteiger charge is -2.23. The Morgan fingerprint density at radius 2 is 1.94 bits per heavy atom. The number of aryl methyl sites for hydroxylation is 1. The summed E-state index contributed by atoms with van der Waals surface area (Å²) >= 11 is 2.97. The zero-order chi connectivity index (χ0) is 22.7. The Labute approximate surface area is 194 Å². The number of thiazole rings is 1. The van der Waals surface area contributed by atoms with Crippen LogP contribution in [-0.2, 0) is 11.8 Å². The molecule has 1 atom stereocenters. The minimum absolute atomic E-state index is 0.0972. The number of fused-ring (bicyclic) bond motifs is 1. The van der Waals surface area contributed by atoms with E-state index in [0.717, 1.165) is 20.4 Å². The summed E-state index contributed by atoms with van der Waals surface area (Å²) in [5.41, 5.74) is 2.15. The molecule has 0 unspecified atom stereocenters. The van der Waals surface area contributed by atoms with E-state index in [1.165, 1.54) is 11.8 Å². The lowest BCUT2D eigenvalue weighted by atomic mass is 10.1. The van der Waals surface area contributed by atoms with Gasteiger partial charge in [-0.3, -0.25) is 9.59 Å². The average molecular weight is 466 g/mol. The quantitative estimate of drug-likeness (QED) is 0.404. The highest BCUT2D eigenvalue weighted by Gasteiger charge is 2.22. The molecule has 1 N–H and O–H groups in total. The predicted molar refractivity (Wildman–Crippen MR) is 129 cm³/mol. The Morgan fingerprint density at radius 1 is 1.19 bits per heavy atom. The molecule has 7 nitrogen and oxygen atoms in total. The minimum atomic E-state index is -0.151. The zero-order valence-electron chi connectivity index (χ0n) is 18.0. The number of aromatic nitrogens is 3. The van der Waals surface area contributed by atoms with Gasteiger partial charge in [0.25, 0.3) is 5.91 Å². The van der Waals surface area contributed by atoms with E-state index < -0.39 is 0 Å². The Kier molecular flexibility index (Phi) is 6.57. The van der Waals surface area contributed by atoms with Gasteiger partial charge in [0, 0.05) is 37.7 Å². The van der Waals surface area contributed by atoms with Gasteiger partial charge in [-0.15, -0.1) is 11.3 Å². The van der Waals surface area contributed by atoms with Crippen molar-refractivity contribution in [3.63, 3.8) is 0 Å². The van der Waals surface area contributed by atoms with Crippen LogP contribution in [0.25, 0.3) is 10.2 Å². The van der Waals surface area contributed by atoms with Gasteiger partial charge in [0.1, 0.15) is 5.01 Å². The van der Waals surface area contributed by atoms with Crippen molar-refractivity contribution in [1.82, 2.24) is 19.4 Å². The molecule has 4 aromatic rings. The van der Waals surface area contributed by atoms with Crippen molar-refractivity contribution < 1.29 is 9.59 Å². The van der Waals surface area contributed by atoms with Crippen molar-refractivity contribution >= 4 is 50.8 Å². The number of para-hydroxylation sites is 1. The van der Waals surface area contributed by atoms with Gasteiger partial charge in [-0.1, -0.05) is 23.9 Å². The molecule has 0 spiro atoms. The lowest BCUT2D eigenvalue weighted by Crippen LogP contribution is -2.29. The first-order valence-corrected chi connectivity index (χ1v) is 11.9. The zero-order valence-corrected chi connectivity index (χ0v) is 19.6. The molecule has 164 valence electrons. The Balaban J connectivity index is 1.36. The summed E-state index contributed by atoms with van der Waals surface area (Å²) in [5, 5.41) is 4.54. The molecule has 0 fully saturated rings. The van der Waals surface area contributed by atoms with Crippen LogP contribution in [0.15, 0.2) is 66.1 Å².